The molecule has 5 rings (SSSR count). The van der Waals surface area contributed by atoms with Crippen LogP contribution in [0.4, 0.5) is 5.13 Å². The summed E-state index contributed by atoms with van der Waals surface area (Å²) in [4.78, 5) is 26.8. The van der Waals surface area contributed by atoms with Crippen LogP contribution >= 0.6 is 34.4 Å². The molecule has 3 heterocycles. The number of methoxy groups -OCH3 is 1. The molecule has 0 spiro atoms. The van der Waals surface area contributed by atoms with Crippen LogP contribution in [-0.2, 0) is 4.79 Å². The molecule has 0 saturated heterocycles. The molecular formula is C22H16N4O2S3. The van der Waals surface area contributed by atoms with Crippen LogP contribution in [0.3, 0.4) is 0 Å². The third-order valence-corrected chi connectivity index (χ3v) is 7.41. The Bertz CT molecular complexity index is 1380. The number of nitrogens with zero attached hydrogens (tertiary/aromatic N) is 3. The molecule has 0 fully saturated rings. The first-order valence-electron chi connectivity index (χ1n) is 9.36. The Hall–Kier alpha value is -3.01. The van der Waals surface area contributed by atoms with E-state index < -0.39 is 0 Å². The fraction of sp³-hybridized carbons (Fsp3) is 0.0909. The van der Waals surface area contributed by atoms with Crippen LogP contribution in [0.25, 0.3) is 31.6 Å². The van der Waals surface area contributed by atoms with Crippen molar-refractivity contribution in [1.82, 2.24) is 15.0 Å². The number of carbonyl (C=O) groups excluding carboxylic acids is 1. The van der Waals surface area contributed by atoms with Gasteiger partial charge in [-0.2, -0.15) is 0 Å². The fourth-order valence-corrected chi connectivity index (χ4v) is 5.87. The number of thiazole rings is 1. The zero-order valence-corrected chi connectivity index (χ0v) is 18.8. The monoisotopic (exact) mass is 464 g/mol. The van der Waals surface area contributed by atoms with Gasteiger partial charge in [-0.1, -0.05) is 53.4 Å². The van der Waals surface area contributed by atoms with Crippen LogP contribution in [0.5, 0.6) is 5.75 Å². The molecule has 5 aromatic rings. The van der Waals surface area contributed by atoms with Gasteiger partial charge in [0.25, 0.3) is 0 Å². The number of thioether (sulfide) groups is 1. The summed E-state index contributed by atoms with van der Waals surface area (Å²) in [5.74, 6) is 0.872. The zero-order valence-electron chi connectivity index (χ0n) is 16.4. The number of hydrogen-bond donors (Lipinski definition) is 1. The summed E-state index contributed by atoms with van der Waals surface area (Å²) in [5, 5.41) is 7.35. The standard InChI is InChI=1S/C22H16N4O2S3/c1-28-14-7-8-16-17(9-14)31-22(25-16)26-18(27)11-30-21-19-15(13-5-3-2-4-6-13)10-29-20(19)23-12-24-21/h2-10,12H,11H2,1H3,(H,25,26,27). The molecule has 1 N–H and O–H groups in total. The summed E-state index contributed by atoms with van der Waals surface area (Å²) in [5.41, 5.74) is 3.03. The number of benzene rings is 2. The Kier molecular flexibility index (Phi) is 5.54. The number of ether oxygens (including phenoxy) is 1. The van der Waals surface area contributed by atoms with Crippen LogP contribution in [0.15, 0.2) is 65.3 Å². The van der Waals surface area contributed by atoms with E-state index in [-0.39, 0.29) is 11.7 Å². The fourth-order valence-electron chi connectivity index (χ4n) is 3.16. The minimum absolute atomic E-state index is 0.126. The third-order valence-electron chi connectivity index (χ3n) is 4.60. The predicted molar refractivity (Wildman–Crippen MR) is 128 cm³/mol. The van der Waals surface area contributed by atoms with Crippen LogP contribution in [0.1, 0.15) is 0 Å². The molecule has 3 aromatic heterocycles. The van der Waals surface area contributed by atoms with Gasteiger partial charge in [0, 0.05) is 10.9 Å². The molecule has 0 unspecified atom stereocenters. The highest BCUT2D eigenvalue weighted by Crippen LogP contribution is 2.37. The smallest absolute Gasteiger partial charge is 0.236 e. The van der Waals surface area contributed by atoms with Crippen molar-refractivity contribution in [2.24, 2.45) is 0 Å². The van der Waals surface area contributed by atoms with Crippen molar-refractivity contribution >= 4 is 65.9 Å². The van der Waals surface area contributed by atoms with Gasteiger partial charge in [-0.15, -0.1) is 11.3 Å². The van der Waals surface area contributed by atoms with Gasteiger partial charge in [0.2, 0.25) is 5.91 Å². The number of amides is 1. The summed E-state index contributed by atoms with van der Waals surface area (Å²) in [7, 11) is 1.63. The molecule has 0 bridgehead atoms. The van der Waals surface area contributed by atoms with Gasteiger partial charge in [-0.25, -0.2) is 15.0 Å². The van der Waals surface area contributed by atoms with Crippen LogP contribution in [-0.4, -0.2) is 33.7 Å². The van der Waals surface area contributed by atoms with E-state index in [1.165, 1.54) is 23.1 Å². The van der Waals surface area contributed by atoms with Crippen LogP contribution in [0, 0.1) is 0 Å². The number of rotatable bonds is 6. The first kappa shape index (κ1) is 19.9. The van der Waals surface area contributed by atoms with Gasteiger partial charge in [-0.05, 0) is 23.8 Å². The van der Waals surface area contributed by atoms with Gasteiger partial charge in [0.15, 0.2) is 5.13 Å². The third kappa shape index (κ3) is 4.12. The molecule has 0 aliphatic heterocycles. The molecule has 0 aliphatic carbocycles. The van der Waals surface area contributed by atoms with E-state index in [9.17, 15) is 4.79 Å². The van der Waals surface area contributed by atoms with Crippen molar-refractivity contribution in [2.45, 2.75) is 5.03 Å². The number of thiophene rings is 1. The molecule has 2 aromatic carbocycles. The SMILES string of the molecule is COc1ccc2nc(NC(=O)CSc3ncnc4scc(-c5ccccc5)c34)sc2c1. The Balaban J connectivity index is 1.34. The van der Waals surface area contributed by atoms with Crippen molar-refractivity contribution in [3.8, 4) is 16.9 Å². The summed E-state index contributed by atoms with van der Waals surface area (Å²) >= 11 is 4.41. The molecule has 0 radical (unpaired) electrons. The van der Waals surface area contributed by atoms with Gasteiger partial charge in [-0.3, -0.25) is 4.79 Å². The highest BCUT2D eigenvalue weighted by Gasteiger charge is 2.15. The lowest BCUT2D eigenvalue weighted by Crippen LogP contribution is -2.13. The molecule has 0 aliphatic rings. The highest BCUT2D eigenvalue weighted by molar-refractivity contribution is 8.00. The van der Waals surface area contributed by atoms with E-state index in [0.29, 0.717) is 5.13 Å². The molecule has 31 heavy (non-hydrogen) atoms. The average Bonchev–Trinajstić information content (AvgIpc) is 3.41. The summed E-state index contributed by atoms with van der Waals surface area (Å²) < 4.78 is 6.21. The van der Waals surface area contributed by atoms with Crippen molar-refractivity contribution in [3.05, 3.63) is 60.2 Å². The van der Waals surface area contributed by atoms with Crippen LogP contribution < -0.4 is 10.1 Å². The molecule has 1 amide bonds. The maximum Gasteiger partial charge on any atom is 0.236 e. The minimum atomic E-state index is -0.126. The van der Waals surface area contributed by atoms with E-state index >= 15 is 0 Å². The first-order valence-corrected chi connectivity index (χ1v) is 12.0. The van der Waals surface area contributed by atoms with Crippen LogP contribution in [0.2, 0.25) is 0 Å². The van der Waals surface area contributed by atoms with Crippen molar-refractivity contribution in [2.75, 3.05) is 18.2 Å². The molecular weight excluding hydrogens is 448 g/mol. The van der Waals surface area contributed by atoms with Crippen molar-refractivity contribution in [3.63, 3.8) is 0 Å². The van der Waals surface area contributed by atoms with E-state index in [1.54, 1.807) is 24.8 Å². The lowest BCUT2D eigenvalue weighted by molar-refractivity contribution is -0.113. The molecule has 0 saturated carbocycles. The number of fused-ring (bicyclic) bond motifs is 2. The summed E-state index contributed by atoms with van der Waals surface area (Å²) in [6.45, 7) is 0. The molecule has 154 valence electrons. The van der Waals surface area contributed by atoms with Crippen molar-refractivity contribution in [1.29, 1.82) is 0 Å². The number of nitrogens with one attached hydrogen (secondary N) is 1. The topological polar surface area (TPSA) is 77.0 Å². The quantitative estimate of drug-likeness (QED) is 0.256. The van der Waals surface area contributed by atoms with E-state index in [4.69, 9.17) is 4.74 Å². The van der Waals surface area contributed by atoms with E-state index in [1.807, 2.05) is 36.4 Å². The average molecular weight is 465 g/mol. The zero-order chi connectivity index (χ0) is 21.2. The normalized spacial score (nSPS) is 11.1. The second-order valence-electron chi connectivity index (χ2n) is 6.56. The second-order valence-corrected chi connectivity index (χ2v) is 9.42. The minimum Gasteiger partial charge on any atom is -0.497 e. The second kappa shape index (κ2) is 8.62. The summed E-state index contributed by atoms with van der Waals surface area (Å²) in [6.07, 6.45) is 1.55. The Labute approximate surface area is 190 Å². The number of aromatic nitrogens is 3. The highest BCUT2D eigenvalue weighted by atomic mass is 32.2. The lowest BCUT2D eigenvalue weighted by Gasteiger charge is -2.05. The summed E-state index contributed by atoms with van der Waals surface area (Å²) in [6, 6.07) is 15.8. The van der Waals surface area contributed by atoms with E-state index in [0.717, 1.165) is 42.3 Å². The Morgan fingerprint density at radius 2 is 2.03 bits per heavy atom. The maximum absolute atomic E-state index is 12.6. The number of carbonyl (C=O) groups is 1. The number of hydrogen-bond acceptors (Lipinski definition) is 8. The number of anilines is 1. The van der Waals surface area contributed by atoms with Crippen molar-refractivity contribution < 1.29 is 9.53 Å². The van der Waals surface area contributed by atoms with Gasteiger partial charge >= 0.3 is 0 Å². The van der Waals surface area contributed by atoms with Gasteiger partial charge in [0.05, 0.1) is 28.5 Å². The Morgan fingerprint density at radius 3 is 2.87 bits per heavy atom. The largest absolute Gasteiger partial charge is 0.497 e. The van der Waals surface area contributed by atoms with Gasteiger partial charge in [0.1, 0.15) is 21.9 Å². The molecule has 0 atom stereocenters. The molecule has 6 nitrogen and oxygen atoms in total. The predicted octanol–water partition coefficient (Wildman–Crippen LogP) is 5.71. The lowest BCUT2D eigenvalue weighted by atomic mass is 10.1. The Morgan fingerprint density at radius 1 is 1.16 bits per heavy atom. The maximum atomic E-state index is 12.6. The van der Waals surface area contributed by atoms with E-state index in [2.05, 4.69) is 37.8 Å². The van der Waals surface area contributed by atoms with Gasteiger partial charge < -0.3 is 10.1 Å². The molecule has 9 heteroatoms. The first-order chi connectivity index (χ1) is 15.2.